The number of likely N-dealkylation sites (tertiary alicyclic amines) is 1. The summed E-state index contributed by atoms with van der Waals surface area (Å²) in [6.07, 6.45) is -1.29. The van der Waals surface area contributed by atoms with Gasteiger partial charge in [0.05, 0.1) is 6.10 Å². The van der Waals surface area contributed by atoms with Crippen LogP contribution >= 0.6 is 0 Å². The number of aliphatic hydroxyl groups excluding tert-OH is 1. The molecule has 15 N–H and O–H groups in total. The molecule has 17 atom stereocenters. The monoisotopic (exact) mass is 1570 g/mol. The van der Waals surface area contributed by atoms with Gasteiger partial charge in [0.2, 0.25) is 76.7 Å². The topological polar surface area (TPSA) is 442 Å². The first kappa shape index (κ1) is 95.3. The van der Waals surface area contributed by atoms with E-state index in [4.69, 9.17) is 10.5 Å². The van der Waals surface area contributed by atoms with Crippen molar-refractivity contribution in [2.24, 2.45) is 53.1 Å². The SMILES string of the molecule is C/C=C1\NC(=O)[C@H](Cc2c(F)c(F)c(F)c(F)c2F)NC(=O)[C@@H](C(C)C)NC(=O)[C@@H]([C@H](C)CC)NC(=O)[C@H](NC(=O)[C@H](NC(=O)[C@H](CCCN)NC(=O)[C@H]2CCCN2C(=O)[C@H](NC(=O)[C@@H](NC(=O)[C@@H](NC(=O)[C@H](NC(=O)CC[C@@H](C)CC)C(C)C)[C@@H](C)O)C(C)C)C(C)C)[C@H](C)CC)[C@H](C)OC(=O)[C@H](C(C)C)NC1=O. The molecule has 110 heavy (non-hydrogen) atoms. The molecule has 2 saturated heterocycles. The quantitative estimate of drug-likeness (QED) is 0.0158. The fraction of sp³-hybridized carbons (Fsp3) is 0.707. The summed E-state index contributed by atoms with van der Waals surface area (Å²) in [5.74, 6) is -30.5. The lowest BCUT2D eigenvalue weighted by molar-refractivity contribution is -0.157. The highest BCUT2D eigenvalue weighted by molar-refractivity contribution is 6.03. The Morgan fingerprint density at radius 2 is 1.09 bits per heavy atom. The van der Waals surface area contributed by atoms with Crippen LogP contribution in [0.4, 0.5) is 22.0 Å². The fourth-order valence-corrected chi connectivity index (χ4v) is 12.2. The molecule has 0 spiro atoms. The summed E-state index contributed by atoms with van der Waals surface area (Å²) in [5.41, 5.74) is 3.73. The molecule has 620 valence electrons. The minimum atomic E-state index is -2.52. The van der Waals surface area contributed by atoms with E-state index in [1.165, 1.54) is 60.3 Å². The fourth-order valence-electron chi connectivity index (χ4n) is 12.2. The normalized spacial score (nSPS) is 22.4. The first-order valence-corrected chi connectivity index (χ1v) is 38.1. The summed E-state index contributed by atoms with van der Waals surface area (Å²) in [5, 5.41) is 41.2. The first-order chi connectivity index (χ1) is 51.3. The number of ether oxygens (including phenoxy) is 1. The molecular weight excluding hydrogens is 1450 g/mol. The van der Waals surface area contributed by atoms with Crippen molar-refractivity contribution in [1.29, 1.82) is 0 Å². The smallest absolute Gasteiger partial charge is 0.329 e. The molecule has 0 saturated carbocycles. The molecule has 30 nitrogen and oxygen atoms in total. The van der Waals surface area contributed by atoms with Crippen LogP contribution in [-0.2, 0) is 78.3 Å². The van der Waals surface area contributed by atoms with E-state index >= 15 is 18.4 Å². The molecule has 13 amide bonds. The number of allylic oxidation sites excluding steroid dienone is 1. The molecule has 3 rings (SSSR count). The second kappa shape index (κ2) is 44.2. The molecule has 0 bridgehead atoms. The van der Waals surface area contributed by atoms with Gasteiger partial charge in [0.25, 0.3) is 5.91 Å². The van der Waals surface area contributed by atoms with E-state index in [-0.39, 0.29) is 63.4 Å². The van der Waals surface area contributed by atoms with E-state index in [0.29, 0.717) is 12.8 Å². The van der Waals surface area contributed by atoms with Crippen LogP contribution in [0, 0.1) is 76.4 Å². The zero-order chi connectivity index (χ0) is 83.8. The molecule has 0 aromatic heterocycles. The Hall–Kier alpha value is -8.89. The van der Waals surface area contributed by atoms with Crippen LogP contribution in [0.25, 0.3) is 0 Å². The van der Waals surface area contributed by atoms with Gasteiger partial charge in [0, 0.05) is 24.9 Å². The number of esters is 1. The van der Waals surface area contributed by atoms with Gasteiger partial charge in [0.1, 0.15) is 84.3 Å². The Morgan fingerprint density at radius 1 is 0.582 bits per heavy atom. The van der Waals surface area contributed by atoms with Crippen LogP contribution in [0.1, 0.15) is 195 Å². The molecule has 0 unspecified atom stereocenters. The van der Waals surface area contributed by atoms with E-state index in [1.54, 1.807) is 62.3 Å². The second-order valence-electron chi connectivity index (χ2n) is 30.5. The average Bonchev–Trinajstić information content (AvgIpc) is 0.920. The lowest BCUT2D eigenvalue weighted by atomic mass is 9.95. The van der Waals surface area contributed by atoms with E-state index in [0.717, 1.165) is 12.5 Å². The van der Waals surface area contributed by atoms with Crippen molar-refractivity contribution >= 4 is 82.8 Å². The maximum Gasteiger partial charge on any atom is 0.329 e. The highest BCUT2D eigenvalue weighted by atomic mass is 19.2. The molecule has 0 radical (unpaired) electrons. The molecule has 1 aromatic carbocycles. The van der Waals surface area contributed by atoms with E-state index in [2.05, 4.69) is 63.8 Å². The van der Waals surface area contributed by atoms with Gasteiger partial charge in [-0.3, -0.25) is 62.3 Å². The Bertz CT molecular complexity index is 3440. The van der Waals surface area contributed by atoms with Crippen molar-refractivity contribution in [2.45, 2.75) is 280 Å². The number of amides is 13. The maximum absolute atomic E-state index is 15.3. The second-order valence-corrected chi connectivity index (χ2v) is 30.5. The summed E-state index contributed by atoms with van der Waals surface area (Å²) in [6.45, 7) is 29.8. The highest BCUT2D eigenvalue weighted by Gasteiger charge is 2.45. The molecule has 2 aliphatic rings. The lowest BCUT2D eigenvalue weighted by Crippen LogP contribution is -2.64. The number of aliphatic hydroxyl groups is 1. The number of carbonyl (C=O) groups excluding carboxylic acids is 14. The van der Waals surface area contributed by atoms with Crippen LogP contribution < -0.4 is 69.5 Å². The number of nitrogens with one attached hydrogen (secondary N) is 12. The molecule has 2 fully saturated rings. The van der Waals surface area contributed by atoms with Gasteiger partial charge in [-0.15, -0.1) is 0 Å². The minimum Gasteiger partial charge on any atom is -0.458 e. The summed E-state index contributed by atoms with van der Waals surface area (Å²) in [7, 11) is 0. The zero-order valence-electron chi connectivity index (χ0n) is 66.7. The van der Waals surface area contributed by atoms with Crippen LogP contribution in [0.2, 0.25) is 0 Å². The predicted octanol–water partition coefficient (Wildman–Crippen LogP) is 2.53. The third kappa shape index (κ3) is 26.4. The van der Waals surface area contributed by atoms with Gasteiger partial charge >= 0.3 is 5.97 Å². The summed E-state index contributed by atoms with van der Waals surface area (Å²) in [4.78, 5) is 202. The predicted molar refractivity (Wildman–Crippen MR) is 395 cm³/mol. The third-order valence-electron chi connectivity index (χ3n) is 20.1. The minimum absolute atomic E-state index is 0.0150. The number of nitrogens with zero attached hydrogens (tertiary/aromatic N) is 1. The van der Waals surface area contributed by atoms with Crippen LogP contribution in [0.5, 0.6) is 0 Å². The molecule has 0 aliphatic carbocycles. The molecular formula is C75H119F5N14O16. The largest absolute Gasteiger partial charge is 0.458 e. The maximum atomic E-state index is 15.3. The number of cyclic esters (lactones) is 1. The van der Waals surface area contributed by atoms with Gasteiger partial charge in [-0.05, 0) is 107 Å². The Morgan fingerprint density at radius 3 is 1.60 bits per heavy atom. The molecule has 2 heterocycles. The number of nitrogens with two attached hydrogens (primary N) is 1. The number of rotatable bonds is 33. The Balaban J connectivity index is 2.04. The van der Waals surface area contributed by atoms with Crippen molar-refractivity contribution < 1.29 is 98.9 Å². The van der Waals surface area contributed by atoms with Crippen LogP contribution in [0.15, 0.2) is 11.8 Å². The van der Waals surface area contributed by atoms with Crippen molar-refractivity contribution in [3.63, 3.8) is 0 Å². The van der Waals surface area contributed by atoms with Gasteiger partial charge < -0.3 is 84.3 Å². The lowest BCUT2D eigenvalue weighted by Gasteiger charge is -2.33. The molecule has 2 aliphatic heterocycles. The Kier molecular flexibility index (Phi) is 38.3. The van der Waals surface area contributed by atoms with E-state index < -0.39 is 250 Å². The van der Waals surface area contributed by atoms with Gasteiger partial charge in [-0.2, -0.15) is 0 Å². The van der Waals surface area contributed by atoms with Gasteiger partial charge in [-0.25, -0.2) is 26.7 Å². The van der Waals surface area contributed by atoms with Crippen LogP contribution in [-0.4, -0.2) is 191 Å². The zero-order valence-corrected chi connectivity index (χ0v) is 66.7. The average molecular weight is 1570 g/mol. The van der Waals surface area contributed by atoms with Gasteiger partial charge in [0.15, 0.2) is 23.3 Å². The van der Waals surface area contributed by atoms with Crippen LogP contribution in [0.3, 0.4) is 0 Å². The highest BCUT2D eigenvalue weighted by Crippen LogP contribution is 2.27. The number of benzene rings is 1. The summed E-state index contributed by atoms with van der Waals surface area (Å²) < 4.78 is 79.8. The number of hydrogen-bond donors (Lipinski definition) is 14. The first-order valence-electron chi connectivity index (χ1n) is 38.1. The standard InChI is InChI=1S/C75H119F5N14O16/c1-20-38(15)28-29-48(96)85-54(33(5)6)68(102)92-61(41(18)95)72(106)87-56(35(9)10)69(103)88-57(36(11)12)74(108)94-31-25-27-47(94)66(100)83-45(26-24-30-81)64(98)90-59(39(16)21-2)71(105)93-62-42(19)110-75(109)58(37(13)14)89-63(97)44(23-4)82-65(99)46(32-43-49(76)51(78)53(80)52(79)50(43)77)84-67(101)55(34(7)8)86-70(104)60(40(17)22-3)91-73(62)107/h23,33-42,45-47,54-62,95H,20-22,24-32,81H2,1-19H3,(H,82,99)(H,83,100)(H,84,101)(H,85,96)(H,86,104)(H,87,106)(H,88,103)(H,89,97)(H,90,98)(H,91,107)(H,92,102)(H,93,105)/b44-23-/t38-,39+,40+,41+,42-,45-,46-,47+,54+,55+,56-,57+,58-,59+,60+,61-,62+/m0/s1. The van der Waals surface area contributed by atoms with E-state index in [1.807, 2.05) is 13.8 Å². The number of carbonyl (C=O) groups is 14. The number of hydrogen-bond acceptors (Lipinski definition) is 17. The van der Waals surface area contributed by atoms with Crippen molar-refractivity contribution in [1.82, 2.24) is 68.7 Å². The molecule has 1 aromatic rings. The summed E-state index contributed by atoms with van der Waals surface area (Å²) in [6, 6.07) is -18.8. The van der Waals surface area contributed by atoms with E-state index in [9.17, 15) is 75.8 Å². The number of halogens is 5. The van der Waals surface area contributed by atoms with Crippen molar-refractivity contribution in [3.8, 4) is 0 Å². The van der Waals surface area contributed by atoms with Gasteiger partial charge in [-0.1, -0.05) is 136 Å². The van der Waals surface area contributed by atoms with Crippen molar-refractivity contribution in [2.75, 3.05) is 13.1 Å². The molecule has 35 heteroatoms. The summed E-state index contributed by atoms with van der Waals surface area (Å²) >= 11 is 0. The Labute approximate surface area is 641 Å². The third-order valence-corrected chi connectivity index (χ3v) is 20.1. The van der Waals surface area contributed by atoms with Crippen molar-refractivity contribution in [3.05, 3.63) is 46.4 Å².